The highest BCUT2D eigenvalue weighted by Gasteiger charge is 2.35. The number of aromatic nitrogens is 5. The Labute approximate surface area is 317 Å². The van der Waals surface area contributed by atoms with Crippen LogP contribution in [0.15, 0.2) is 54.7 Å². The Balaban J connectivity index is 1.13. The van der Waals surface area contributed by atoms with E-state index in [1.54, 1.807) is 32.2 Å². The van der Waals surface area contributed by atoms with Gasteiger partial charge in [-0.2, -0.15) is 5.10 Å². The molecule has 5 aromatic rings. The Morgan fingerprint density at radius 2 is 1.75 bits per heavy atom. The van der Waals surface area contributed by atoms with Crippen molar-refractivity contribution in [3.63, 3.8) is 0 Å². The summed E-state index contributed by atoms with van der Waals surface area (Å²) in [5.74, 6) is -1.18. The first-order chi connectivity index (χ1) is 26.3. The average Bonchev–Trinajstić information content (AvgIpc) is 3.79. The number of amides is 1. The Kier molecular flexibility index (Phi) is 10.6. The lowest BCUT2D eigenvalue weighted by molar-refractivity contribution is -0.147. The molecule has 0 spiro atoms. The Morgan fingerprint density at radius 3 is 2.44 bits per heavy atom. The van der Waals surface area contributed by atoms with Gasteiger partial charge in [-0.05, 0) is 99.0 Å². The number of likely N-dealkylation sites (tertiary alicyclic amines) is 1. The van der Waals surface area contributed by atoms with Crippen molar-refractivity contribution in [1.29, 1.82) is 0 Å². The molecule has 1 unspecified atom stereocenters. The van der Waals surface area contributed by atoms with Gasteiger partial charge in [0, 0.05) is 43.8 Å². The number of nitrogens with one attached hydrogen (secondary N) is 3. The third-order valence-corrected chi connectivity index (χ3v) is 10.4. The quantitative estimate of drug-likeness (QED) is 0.111. The van der Waals surface area contributed by atoms with Crippen molar-refractivity contribution in [2.75, 3.05) is 30.8 Å². The number of aliphatic hydroxyl groups excluding tert-OH is 1. The molecule has 0 aliphatic carbocycles. The number of hydrogen-bond acceptors (Lipinski definition) is 11. The van der Waals surface area contributed by atoms with Crippen molar-refractivity contribution in [2.45, 2.75) is 84.2 Å². The first-order valence-electron chi connectivity index (χ1n) is 18.4. The second-order valence-corrected chi connectivity index (χ2v) is 14.8. The van der Waals surface area contributed by atoms with Crippen molar-refractivity contribution in [3.05, 3.63) is 88.6 Å². The molecule has 0 bridgehead atoms. The first kappa shape index (κ1) is 37.9. The zero-order valence-electron chi connectivity index (χ0n) is 31.5. The third kappa shape index (κ3) is 7.90. The summed E-state index contributed by atoms with van der Waals surface area (Å²) < 4.78 is 34.9. The molecule has 2 aromatic carbocycles. The molecular formula is C40H45F2N9O4. The van der Waals surface area contributed by atoms with Crippen LogP contribution in [-0.4, -0.2) is 78.5 Å². The van der Waals surface area contributed by atoms with E-state index < -0.39 is 17.8 Å². The summed E-state index contributed by atoms with van der Waals surface area (Å²) >= 11 is 0. The number of carbonyl (C=O) groups excluding carboxylic acids is 2. The molecule has 55 heavy (non-hydrogen) atoms. The number of aryl methyl sites for hydroxylation is 1. The zero-order valence-corrected chi connectivity index (χ0v) is 31.5. The van der Waals surface area contributed by atoms with E-state index in [0.29, 0.717) is 48.5 Å². The summed E-state index contributed by atoms with van der Waals surface area (Å²) in [6.07, 6.45) is 0.736. The lowest BCUT2D eigenvalue weighted by Crippen LogP contribution is -2.50. The third-order valence-electron chi connectivity index (χ3n) is 10.4. The molecule has 5 heterocycles. The van der Waals surface area contributed by atoms with Gasteiger partial charge < -0.3 is 20.5 Å². The fourth-order valence-electron chi connectivity index (χ4n) is 7.49. The van der Waals surface area contributed by atoms with Gasteiger partial charge in [-0.3, -0.25) is 29.5 Å². The molecule has 288 valence electrons. The number of anilines is 3. The molecule has 15 heteroatoms. The van der Waals surface area contributed by atoms with Crippen LogP contribution in [-0.2, 0) is 22.6 Å². The lowest BCUT2D eigenvalue weighted by Gasteiger charge is -2.32. The van der Waals surface area contributed by atoms with Gasteiger partial charge >= 0.3 is 5.97 Å². The normalized spacial score (nSPS) is 17.4. The van der Waals surface area contributed by atoms with Gasteiger partial charge in [0.05, 0.1) is 30.5 Å². The number of fused-ring (bicyclic) bond motifs is 2. The number of benzene rings is 2. The highest BCUT2D eigenvalue weighted by atomic mass is 19.3. The highest BCUT2D eigenvalue weighted by molar-refractivity contribution is 6.04. The predicted molar refractivity (Wildman–Crippen MR) is 204 cm³/mol. The fraction of sp³-hybridized carbons (Fsp3) is 0.400. The van der Waals surface area contributed by atoms with Crippen LogP contribution in [0.5, 0.6) is 0 Å². The molecule has 0 saturated carbocycles. The lowest BCUT2D eigenvalue weighted by atomic mass is 9.94. The van der Waals surface area contributed by atoms with Gasteiger partial charge in [0.15, 0.2) is 17.3 Å². The number of halogens is 2. The standard InChI is InChI=1S/C40H45F2N9O4/c1-22-26(9-6-11-28(22)44-36-34-31(45-37(47-36)35(41)42)17-24(19-43-34)20-50-16-14-25(52)21-50)27-10-7-12-29(23(27)2)46-38(53)32-18-33-30(13-8-15-51(33)49-32)48-40(3,4)39(54)55-5/h6-7,9-12,17-19,25,30,35,48,52H,8,13-16,20-21H2,1-5H3,(H,46,53)(H,44,45,47)/t25-,30?/m1/s1. The molecule has 1 fully saturated rings. The molecule has 2 aliphatic heterocycles. The number of esters is 1. The molecular weight excluding hydrogens is 708 g/mol. The van der Waals surface area contributed by atoms with Gasteiger partial charge in [-0.25, -0.2) is 18.7 Å². The molecule has 7 rings (SSSR count). The smallest absolute Gasteiger partial charge is 0.325 e. The summed E-state index contributed by atoms with van der Waals surface area (Å²) in [6, 6.07) is 14.7. The average molecular weight is 754 g/mol. The van der Waals surface area contributed by atoms with E-state index in [1.807, 2.05) is 54.9 Å². The zero-order chi connectivity index (χ0) is 39.0. The van der Waals surface area contributed by atoms with Crippen molar-refractivity contribution < 1.29 is 28.2 Å². The number of rotatable bonds is 11. The van der Waals surface area contributed by atoms with Crippen molar-refractivity contribution in [2.24, 2.45) is 0 Å². The number of aliphatic hydroxyl groups is 1. The SMILES string of the molecule is COC(=O)C(C)(C)NC1CCCn2nc(C(=O)Nc3cccc(-c4cccc(Nc5nc(C(F)F)nc6cc(CN7CC[C@@H](O)C7)cnc56)c4C)c3C)cc21. The molecule has 1 saturated heterocycles. The van der Waals surface area contributed by atoms with Gasteiger partial charge in [-0.1, -0.05) is 24.3 Å². The van der Waals surface area contributed by atoms with E-state index in [1.165, 1.54) is 7.11 Å². The van der Waals surface area contributed by atoms with E-state index in [4.69, 9.17) is 4.74 Å². The first-order valence-corrected chi connectivity index (χ1v) is 18.4. The van der Waals surface area contributed by atoms with Crippen molar-refractivity contribution in [1.82, 2.24) is 34.9 Å². The van der Waals surface area contributed by atoms with Gasteiger partial charge in [0.2, 0.25) is 0 Å². The molecule has 3 aromatic heterocycles. The molecule has 0 radical (unpaired) electrons. The Hall–Kier alpha value is -5.38. The van der Waals surface area contributed by atoms with E-state index >= 15 is 0 Å². The Bertz CT molecular complexity index is 2260. The minimum Gasteiger partial charge on any atom is -0.468 e. The maximum Gasteiger partial charge on any atom is 0.325 e. The monoisotopic (exact) mass is 753 g/mol. The number of carbonyl (C=O) groups is 2. The summed E-state index contributed by atoms with van der Waals surface area (Å²) in [7, 11) is 1.36. The van der Waals surface area contributed by atoms with Crippen LogP contribution in [0.2, 0.25) is 0 Å². The minimum atomic E-state index is -2.89. The maximum absolute atomic E-state index is 14.0. The van der Waals surface area contributed by atoms with E-state index in [0.717, 1.165) is 52.9 Å². The summed E-state index contributed by atoms with van der Waals surface area (Å²) in [5.41, 5.74) is 6.29. The number of β-amino-alcohol motifs (C(OH)–C–C–N with tert-alkyl or cyclic N) is 1. The number of alkyl halides is 2. The maximum atomic E-state index is 14.0. The minimum absolute atomic E-state index is 0.162. The van der Waals surface area contributed by atoms with Crippen LogP contribution < -0.4 is 16.0 Å². The van der Waals surface area contributed by atoms with Crippen molar-refractivity contribution in [3.8, 4) is 11.1 Å². The molecule has 13 nitrogen and oxygen atoms in total. The molecule has 4 N–H and O–H groups in total. The summed E-state index contributed by atoms with van der Waals surface area (Å²) in [5, 5.41) is 24.2. The van der Waals surface area contributed by atoms with E-state index in [2.05, 4.69) is 40.9 Å². The number of methoxy groups -OCH3 is 1. The fourth-order valence-corrected chi connectivity index (χ4v) is 7.49. The number of ether oxygens (including phenoxy) is 1. The number of pyridine rings is 1. The van der Waals surface area contributed by atoms with Gasteiger partial charge in [-0.15, -0.1) is 0 Å². The van der Waals surface area contributed by atoms with Crippen LogP contribution in [0.1, 0.15) is 84.3 Å². The van der Waals surface area contributed by atoms with Crippen LogP contribution in [0.4, 0.5) is 26.0 Å². The largest absolute Gasteiger partial charge is 0.468 e. The highest BCUT2D eigenvalue weighted by Crippen LogP contribution is 2.36. The van der Waals surface area contributed by atoms with Crippen LogP contribution in [0.3, 0.4) is 0 Å². The topological polar surface area (TPSA) is 159 Å². The molecule has 2 atom stereocenters. The number of hydrogen-bond donors (Lipinski definition) is 4. The molecule has 2 aliphatic rings. The second kappa shape index (κ2) is 15.4. The van der Waals surface area contributed by atoms with E-state index in [9.17, 15) is 23.5 Å². The number of nitrogens with zero attached hydrogens (tertiary/aromatic N) is 6. The summed E-state index contributed by atoms with van der Waals surface area (Å²) in [4.78, 5) is 41.0. The van der Waals surface area contributed by atoms with Gasteiger partial charge in [0.1, 0.15) is 11.1 Å². The predicted octanol–water partition coefficient (Wildman–Crippen LogP) is 6.38. The summed E-state index contributed by atoms with van der Waals surface area (Å²) in [6.45, 7) is 9.86. The van der Waals surface area contributed by atoms with E-state index in [-0.39, 0.29) is 35.5 Å². The Morgan fingerprint density at radius 1 is 1.02 bits per heavy atom. The molecule has 1 amide bonds. The van der Waals surface area contributed by atoms with Crippen LogP contribution >= 0.6 is 0 Å². The van der Waals surface area contributed by atoms with Gasteiger partial charge in [0.25, 0.3) is 12.3 Å². The van der Waals surface area contributed by atoms with Crippen LogP contribution in [0.25, 0.3) is 22.2 Å². The van der Waals surface area contributed by atoms with Crippen molar-refractivity contribution >= 4 is 40.1 Å². The second-order valence-electron chi connectivity index (χ2n) is 14.8. The van der Waals surface area contributed by atoms with Crippen LogP contribution in [0, 0.1) is 13.8 Å².